The first-order chi connectivity index (χ1) is 16.3. The number of piperazine rings is 1. The van der Waals surface area contributed by atoms with E-state index < -0.39 is 0 Å². The molecule has 0 amide bonds. The van der Waals surface area contributed by atoms with Crippen LogP contribution in [0, 0.1) is 0 Å². The Kier molecular flexibility index (Phi) is 5.42. The lowest BCUT2D eigenvalue weighted by atomic mass is 10.1. The van der Waals surface area contributed by atoms with Crippen LogP contribution >= 0.6 is 11.3 Å². The average molecular weight is 451 g/mol. The first-order valence-corrected chi connectivity index (χ1v) is 12.3. The molecule has 0 saturated carbocycles. The van der Waals surface area contributed by atoms with E-state index in [1.54, 1.807) is 11.3 Å². The summed E-state index contributed by atoms with van der Waals surface area (Å²) in [5.74, 6) is 0. The van der Waals surface area contributed by atoms with Gasteiger partial charge in [-0.3, -0.25) is 9.30 Å². The zero-order chi connectivity index (χ0) is 22.0. The van der Waals surface area contributed by atoms with Crippen LogP contribution in [0.2, 0.25) is 0 Å². The Bertz CT molecular complexity index is 1300. The number of nitrogens with zero attached hydrogens (tertiary/aromatic N) is 4. The quantitative estimate of drug-likeness (QED) is 0.326. The number of rotatable bonds is 5. The molecule has 0 bridgehead atoms. The SMILES string of the molecule is c1ccc(CN2CCN(c3ccc(-c4cn5cc(-c6ccccc6)sc5n4)cc3)CC2)cc1. The second kappa shape index (κ2) is 8.85. The van der Waals surface area contributed by atoms with E-state index in [9.17, 15) is 0 Å². The van der Waals surface area contributed by atoms with Gasteiger partial charge in [-0.1, -0.05) is 84.1 Å². The standard InChI is InChI=1S/C28H26N4S/c1-3-7-22(8-4-1)19-30-15-17-31(18-16-30)25-13-11-23(12-14-25)26-20-32-21-27(33-28(32)29-26)24-9-5-2-6-10-24/h1-14,20-21H,15-19H2. The normalized spacial score (nSPS) is 14.7. The lowest BCUT2D eigenvalue weighted by molar-refractivity contribution is 0.250. The molecule has 164 valence electrons. The van der Waals surface area contributed by atoms with Crippen molar-refractivity contribution < 1.29 is 0 Å². The second-order valence-electron chi connectivity index (χ2n) is 8.57. The van der Waals surface area contributed by atoms with Crippen LogP contribution in [0.25, 0.3) is 26.7 Å². The fourth-order valence-electron chi connectivity index (χ4n) is 4.52. The monoisotopic (exact) mass is 450 g/mol. The lowest BCUT2D eigenvalue weighted by Gasteiger charge is -2.36. The summed E-state index contributed by atoms with van der Waals surface area (Å²) >= 11 is 1.73. The minimum absolute atomic E-state index is 1.03. The van der Waals surface area contributed by atoms with Gasteiger partial charge >= 0.3 is 0 Å². The summed E-state index contributed by atoms with van der Waals surface area (Å²) < 4.78 is 2.14. The molecule has 33 heavy (non-hydrogen) atoms. The van der Waals surface area contributed by atoms with Crippen molar-refractivity contribution in [2.75, 3.05) is 31.1 Å². The molecule has 5 aromatic rings. The van der Waals surface area contributed by atoms with Crippen LogP contribution in [0.15, 0.2) is 97.3 Å². The highest BCUT2D eigenvalue weighted by Crippen LogP contribution is 2.31. The van der Waals surface area contributed by atoms with E-state index in [0.717, 1.165) is 43.4 Å². The highest BCUT2D eigenvalue weighted by atomic mass is 32.1. The van der Waals surface area contributed by atoms with Gasteiger partial charge in [0.15, 0.2) is 4.96 Å². The summed E-state index contributed by atoms with van der Waals surface area (Å²) in [5, 5.41) is 0. The van der Waals surface area contributed by atoms with Gasteiger partial charge in [-0.25, -0.2) is 4.98 Å². The van der Waals surface area contributed by atoms with Crippen LogP contribution in [-0.2, 0) is 6.54 Å². The summed E-state index contributed by atoms with van der Waals surface area (Å²) in [6.45, 7) is 5.36. The highest BCUT2D eigenvalue weighted by molar-refractivity contribution is 7.20. The molecule has 3 aromatic carbocycles. The molecule has 6 rings (SSSR count). The van der Waals surface area contributed by atoms with Crippen LogP contribution in [0.1, 0.15) is 5.56 Å². The molecule has 1 saturated heterocycles. The van der Waals surface area contributed by atoms with Crippen LogP contribution < -0.4 is 4.90 Å². The number of thiazole rings is 1. The van der Waals surface area contributed by atoms with Crippen LogP contribution in [0.4, 0.5) is 5.69 Å². The van der Waals surface area contributed by atoms with Gasteiger partial charge in [-0.2, -0.15) is 0 Å². The number of aromatic nitrogens is 2. The Morgan fingerprint density at radius 1 is 0.697 bits per heavy atom. The Balaban J connectivity index is 1.12. The molecule has 0 atom stereocenters. The molecule has 0 N–H and O–H groups in total. The predicted octanol–water partition coefficient (Wildman–Crippen LogP) is 6.05. The van der Waals surface area contributed by atoms with E-state index in [0.29, 0.717) is 0 Å². The smallest absolute Gasteiger partial charge is 0.194 e. The second-order valence-corrected chi connectivity index (χ2v) is 9.58. The van der Waals surface area contributed by atoms with Crippen LogP contribution in [0.5, 0.6) is 0 Å². The van der Waals surface area contributed by atoms with Crippen molar-refractivity contribution in [2.45, 2.75) is 6.54 Å². The van der Waals surface area contributed by atoms with Crippen LogP contribution in [-0.4, -0.2) is 40.5 Å². The zero-order valence-electron chi connectivity index (χ0n) is 18.5. The molecule has 1 fully saturated rings. The van der Waals surface area contributed by atoms with Gasteiger partial charge in [0.1, 0.15) is 0 Å². The van der Waals surface area contributed by atoms with Gasteiger partial charge in [0.25, 0.3) is 0 Å². The first kappa shape index (κ1) is 20.2. The van der Waals surface area contributed by atoms with Crippen molar-refractivity contribution >= 4 is 22.0 Å². The minimum atomic E-state index is 1.03. The van der Waals surface area contributed by atoms with Gasteiger partial charge in [0.05, 0.1) is 10.6 Å². The average Bonchev–Trinajstić information content (AvgIpc) is 3.46. The number of imidazole rings is 1. The van der Waals surface area contributed by atoms with E-state index in [1.807, 2.05) is 0 Å². The molecule has 0 aliphatic carbocycles. The fourth-order valence-corrected chi connectivity index (χ4v) is 5.49. The van der Waals surface area contributed by atoms with Crippen molar-refractivity contribution in [3.63, 3.8) is 0 Å². The third-order valence-corrected chi connectivity index (χ3v) is 7.41. The fraction of sp³-hybridized carbons (Fsp3) is 0.179. The molecule has 1 aliphatic heterocycles. The number of hydrogen-bond donors (Lipinski definition) is 0. The van der Waals surface area contributed by atoms with Gasteiger partial charge in [-0.15, -0.1) is 0 Å². The van der Waals surface area contributed by atoms with E-state index in [4.69, 9.17) is 4.98 Å². The molecular formula is C28H26N4S. The van der Waals surface area contributed by atoms with Gasteiger partial charge in [0, 0.05) is 56.4 Å². The molecule has 0 spiro atoms. The van der Waals surface area contributed by atoms with E-state index in [2.05, 4.69) is 112 Å². The Labute approximate surface area is 198 Å². The third-order valence-electron chi connectivity index (χ3n) is 6.36. The van der Waals surface area contributed by atoms with Crippen molar-refractivity contribution in [3.8, 4) is 21.7 Å². The number of hydrogen-bond acceptors (Lipinski definition) is 4. The minimum Gasteiger partial charge on any atom is -0.369 e. The molecule has 5 heteroatoms. The van der Waals surface area contributed by atoms with Crippen molar-refractivity contribution in [3.05, 3.63) is 103 Å². The number of benzene rings is 3. The first-order valence-electron chi connectivity index (χ1n) is 11.5. The van der Waals surface area contributed by atoms with E-state index >= 15 is 0 Å². The van der Waals surface area contributed by atoms with Gasteiger partial charge < -0.3 is 4.90 Å². The molecule has 4 nitrogen and oxygen atoms in total. The Hall–Kier alpha value is -3.41. The van der Waals surface area contributed by atoms with Crippen molar-refractivity contribution in [1.29, 1.82) is 0 Å². The predicted molar refractivity (Wildman–Crippen MR) is 138 cm³/mol. The Morgan fingerprint density at radius 2 is 1.39 bits per heavy atom. The number of fused-ring (bicyclic) bond motifs is 1. The molecular weight excluding hydrogens is 424 g/mol. The third kappa shape index (κ3) is 4.30. The summed E-state index contributed by atoms with van der Waals surface area (Å²) in [7, 11) is 0. The maximum Gasteiger partial charge on any atom is 0.194 e. The summed E-state index contributed by atoms with van der Waals surface area (Å²) in [6.07, 6.45) is 4.31. The maximum atomic E-state index is 4.88. The molecule has 1 aliphatic rings. The largest absolute Gasteiger partial charge is 0.369 e. The molecule has 0 unspecified atom stereocenters. The van der Waals surface area contributed by atoms with E-state index in [1.165, 1.54) is 27.3 Å². The molecule has 0 radical (unpaired) electrons. The summed E-state index contributed by atoms with van der Waals surface area (Å²) in [6, 6.07) is 30.2. The number of anilines is 1. The molecule has 3 heterocycles. The van der Waals surface area contributed by atoms with Gasteiger partial charge in [0.2, 0.25) is 0 Å². The maximum absolute atomic E-state index is 4.88. The molecule has 2 aromatic heterocycles. The van der Waals surface area contributed by atoms with Gasteiger partial charge in [-0.05, 0) is 23.3 Å². The Morgan fingerprint density at radius 3 is 2.09 bits per heavy atom. The summed E-state index contributed by atoms with van der Waals surface area (Å²) in [5.41, 5.74) is 6.12. The zero-order valence-corrected chi connectivity index (χ0v) is 19.3. The van der Waals surface area contributed by atoms with Crippen LogP contribution in [0.3, 0.4) is 0 Å². The topological polar surface area (TPSA) is 23.8 Å². The summed E-state index contributed by atoms with van der Waals surface area (Å²) in [4.78, 5) is 12.2. The highest BCUT2D eigenvalue weighted by Gasteiger charge is 2.17. The lowest BCUT2D eigenvalue weighted by Crippen LogP contribution is -2.45. The van der Waals surface area contributed by atoms with E-state index in [-0.39, 0.29) is 0 Å². The van der Waals surface area contributed by atoms with Crippen molar-refractivity contribution in [2.24, 2.45) is 0 Å². The van der Waals surface area contributed by atoms with Crippen molar-refractivity contribution in [1.82, 2.24) is 14.3 Å².